The number of hydrogen-bond donors (Lipinski definition) is 2. The fourth-order valence-corrected chi connectivity index (χ4v) is 2.36. The largest absolute Gasteiger partial charge is 0.380 e. The molecule has 1 amide bonds. The number of amides is 1. The van der Waals surface area contributed by atoms with Crippen LogP contribution in [-0.4, -0.2) is 43.9 Å². The van der Waals surface area contributed by atoms with Gasteiger partial charge in [0.1, 0.15) is 5.54 Å². The molecule has 1 fully saturated rings. The van der Waals surface area contributed by atoms with Gasteiger partial charge in [0.05, 0.1) is 12.7 Å². The van der Waals surface area contributed by atoms with Crippen molar-refractivity contribution in [1.29, 1.82) is 0 Å². The molecule has 1 saturated carbocycles. The van der Waals surface area contributed by atoms with Crippen molar-refractivity contribution < 1.29 is 14.3 Å². The highest BCUT2D eigenvalue weighted by atomic mass is 16.5. The third-order valence-electron chi connectivity index (χ3n) is 3.97. The van der Waals surface area contributed by atoms with Gasteiger partial charge >= 0.3 is 0 Å². The van der Waals surface area contributed by atoms with Gasteiger partial charge in [-0.2, -0.15) is 0 Å². The zero-order valence-corrected chi connectivity index (χ0v) is 11.9. The highest BCUT2D eigenvalue weighted by Crippen LogP contribution is 2.49. The van der Waals surface area contributed by atoms with Gasteiger partial charge in [0.15, 0.2) is 0 Å². The van der Waals surface area contributed by atoms with Crippen molar-refractivity contribution in [3.63, 3.8) is 0 Å². The van der Waals surface area contributed by atoms with Crippen LogP contribution in [0.4, 0.5) is 0 Å². The maximum atomic E-state index is 12.1. The van der Waals surface area contributed by atoms with Crippen molar-refractivity contribution in [3.05, 3.63) is 0 Å². The lowest BCUT2D eigenvalue weighted by molar-refractivity contribution is -0.170. The summed E-state index contributed by atoms with van der Waals surface area (Å²) in [7, 11) is 0. The number of carbonyl (C=O) groups excluding carboxylic acids is 1. The Morgan fingerprint density at radius 3 is 2.56 bits per heavy atom. The van der Waals surface area contributed by atoms with Crippen LogP contribution in [0.2, 0.25) is 0 Å². The van der Waals surface area contributed by atoms with Crippen molar-refractivity contribution in [3.8, 4) is 0 Å². The van der Waals surface area contributed by atoms with E-state index in [1.54, 1.807) is 0 Å². The van der Waals surface area contributed by atoms with Gasteiger partial charge in [-0.15, -0.1) is 0 Å². The third kappa shape index (κ3) is 2.68. The molecule has 0 aliphatic heterocycles. The van der Waals surface area contributed by atoms with Gasteiger partial charge in [0, 0.05) is 31.6 Å². The molecule has 0 aromatic carbocycles. The molecule has 0 radical (unpaired) electrons. The van der Waals surface area contributed by atoms with Gasteiger partial charge in [-0.1, -0.05) is 13.8 Å². The minimum Gasteiger partial charge on any atom is -0.380 e. The molecule has 5 heteroatoms. The monoisotopic (exact) mass is 258 g/mol. The number of hydrogen-bond acceptors (Lipinski definition) is 4. The highest BCUT2D eigenvalue weighted by Gasteiger charge is 2.62. The van der Waals surface area contributed by atoms with Crippen LogP contribution < -0.4 is 11.1 Å². The lowest BCUT2D eigenvalue weighted by Crippen LogP contribution is -2.75. The molecule has 0 aromatic rings. The first-order chi connectivity index (χ1) is 8.40. The normalized spacial score (nSPS) is 29.7. The lowest BCUT2D eigenvalue weighted by atomic mass is 9.54. The first-order valence-electron chi connectivity index (χ1n) is 6.66. The molecule has 1 aliphatic rings. The maximum Gasteiger partial charge on any atom is 0.240 e. The van der Waals surface area contributed by atoms with E-state index in [1.165, 1.54) is 0 Å². The van der Waals surface area contributed by atoms with Gasteiger partial charge < -0.3 is 20.5 Å². The molecule has 1 aliphatic carbocycles. The van der Waals surface area contributed by atoms with Gasteiger partial charge in [0.2, 0.25) is 5.91 Å². The predicted octanol–water partition coefficient (Wildman–Crippen LogP) is 0.672. The topological polar surface area (TPSA) is 73.6 Å². The average molecular weight is 258 g/mol. The quantitative estimate of drug-likeness (QED) is 0.658. The van der Waals surface area contributed by atoms with Crippen molar-refractivity contribution in [2.75, 3.05) is 26.4 Å². The summed E-state index contributed by atoms with van der Waals surface area (Å²) in [5.74, 6) is -0.108. The van der Waals surface area contributed by atoms with E-state index in [2.05, 4.69) is 5.32 Å². The summed E-state index contributed by atoms with van der Waals surface area (Å²) >= 11 is 0. The molecule has 0 spiro atoms. The first kappa shape index (κ1) is 15.4. The van der Waals surface area contributed by atoms with E-state index in [1.807, 2.05) is 27.7 Å². The first-order valence-corrected chi connectivity index (χ1v) is 6.66. The Kier molecular flexibility index (Phi) is 5.13. The van der Waals surface area contributed by atoms with Crippen LogP contribution in [0.25, 0.3) is 0 Å². The van der Waals surface area contributed by atoms with Crippen LogP contribution in [0.1, 0.15) is 34.1 Å². The molecule has 0 heterocycles. The summed E-state index contributed by atoms with van der Waals surface area (Å²) in [5, 5.41) is 2.83. The van der Waals surface area contributed by atoms with Gasteiger partial charge in [0.25, 0.3) is 0 Å². The highest BCUT2D eigenvalue weighted by molar-refractivity contribution is 5.88. The minimum absolute atomic E-state index is 0.0603. The molecule has 0 aromatic heterocycles. The molecule has 0 bridgehead atoms. The molecule has 106 valence electrons. The Balaban J connectivity index is 2.48. The fourth-order valence-electron chi connectivity index (χ4n) is 2.36. The van der Waals surface area contributed by atoms with E-state index in [4.69, 9.17) is 15.2 Å². The van der Waals surface area contributed by atoms with E-state index in [0.29, 0.717) is 32.8 Å². The van der Waals surface area contributed by atoms with Crippen LogP contribution in [-0.2, 0) is 14.3 Å². The summed E-state index contributed by atoms with van der Waals surface area (Å²) in [5.41, 5.74) is 5.06. The van der Waals surface area contributed by atoms with Crippen molar-refractivity contribution in [1.82, 2.24) is 5.32 Å². The molecule has 5 nitrogen and oxygen atoms in total. The predicted molar refractivity (Wildman–Crippen MR) is 70.2 cm³/mol. The SMILES string of the molecule is CCOCCNC(=O)C1(N)CC(OCC)C1(C)C. The molecule has 18 heavy (non-hydrogen) atoms. The van der Waals surface area contributed by atoms with E-state index >= 15 is 0 Å². The van der Waals surface area contributed by atoms with Crippen molar-refractivity contribution >= 4 is 5.91 Å². The maximum absolute atomic E-state index is 12.1. The van der Waals surface area contributed by atoms with E-state index < -0.39 is 5.54 Å². The van der Waals surface area contributed by atoms with E-state index in [-0.39, 0.29) is 17.4 Å². The van der Waals surface area contributed by atoms with E-state index in [9.17, 15) is 4.79 Å². The van der Waals surface area contributed by atoms with Crippen LogP contribution in [0.15, 0.2) is 0 Å². The van der Waals surface area contributed by atoms with Crippen molar-refractivity contribution in [2.24, 2.45) is 11.1 Å². The molecular formula is C13H26N2O3. The summed E-state index contributed by atoms with van der Waals surface area (Å²) in [4.78, 5) is 12.1. The number of rotatable bonds is 7. The van der Waals surface area contributed by atoms with Crippen molar-refractivity contribution in [2.45, 2.75) is 45.8 Å². The number of carbonyl (C=O) groups is 1. The van der Waals surface area contributed by atoms with Gasteiger partial charge in [-0.3, -0.25) is 4.79 Å². The number of ether oxygens (including phenoxy) is 2. The zero-order valence-electron chi connectivity index (χ0n) is 11.9. The molecule has 2 unspecified atom stereocenters. The van der Waals surface area contributed by atoms with Crippen LogP contribution in [0.5, 0.6) is 0 Å². The summed E-state index contributed by atoms with van der Waals surface area (Å²) in [6.45, 7) is 10.2. The smallest absolute Gasteiger partial charge is 0.240 e. The van der Waals surface area contributed by atoms with Gasteiger partial charge in [-0.05, 0) is 13.8 Å². The molecule has 0 saturated heterocycles. The second kappa shape index (κ2) is 5.99. The number of nitrogens with two attached hydrogens (primary N) is 1. The fraction of sp³-hybridized carbons (Fsp3) is 0.923. The molecular weight excluding hydrogens is 232 g/mol. The summed E-state index contributed by atoms with van der Waals surface area (Å²) in [6.07, 6.45) is 0.638. The van der Waals surface area contributed by atoms with Crippen LogP contribution in [0, 0.1) is 5.41 Å². The summed E-state index contributed by atoms with van der Waals surface area (Å²) in [6, 6.07) is 0. The lowest BCUT2D eigenvalue weighted by Gasteiger charge is -2.57. The number of nitrogens with one attached hydrogen (secondary N) is 1. The van der Waals surface area contributed by atoms with Crippen LogP contribution >= 0.6 is 0 Å². The van der Waals surface area contributed by atoms with Crippen LogP contribution in [0.3, 0.4) is 0 Å². The minimum atomic E-state index is -0.834. The Morgan fingerprint density at radius 2 is 2.06 bits per heavy atom. The Labute approximate surface area is 109 Å². The average Bonchev–Trinajstić information content (AvgIpc) is 2.33. The molecule has 1 rings (SSSR count). The van der Waals surface area contributed by atoms with Gasteiger partial charge in [-0.25, -0.2) is 0 Å². The second-order valence-electron chi connectivity index (χ2n) is 5.29. The second-order valence-corrected chi connectivity index (χ2v) is 5.29. The summed E-state index contributed by atoms with van der Waals surface area (Å²) < 4.78 is 10.8. The Bertz CT molecular complexity index is 294. The Hall–Kier alpha value is -0.650. The molecule has 3 N–H and O–H groups in total. The Morgan fingerprint density at radius 1 is 1.39 bits per heavy atom. The standard InChI is InChI=1S/C13H26N2O3/c1-5-17-8-7-15-11(16)13(14)9-10(18-6-2)12(13,3)4/h10H,5-9,14H2,1-4H3,(H,15,16). The molecule has 2 atom stereocenters. The van der Waals surface area contributed by atoms with E-state index in [0.717, 1.165) is 0 Å². The zero-order chi connectivity index (χ0) is 13.8. The third-order valence-corrected chi connectivity index (χ3v) is 3.97.